The highest BCUT2D eigenvalue weighted by Crippen LogP contribution is 2.27. The van der Waals surface area contributed by atoms with Gasteiger partial charge in [0, 0.05) is 27.9 Å². The summed E-state index contributed by atoms with van der Waals surface area (Å²) in [6.07, 6.45) is 1.08. The number of methoxy groups -OCH3 is 1. The second kappa shape index (κ2) is 8.05. The summed E-state index contributed by atoms with van der Waals surface area (Å²) in [6.45, 7) is 6.63. The molecule has 0 fully saturated rings. The molecule has 0 bridgehead atoms. The van der Waals surface area contributed by atoms with Gasteiger partial charge in [-0.3, -0.25) is 0 Å². The Morgan fingerprint density at radius 3 is 2.57 bits per heavy atom. The van der Waals surface area contributed by atoms with E-state index in [9.17, 15) is 0 Å². The van der Waals surface area contributed by atoms with E-state index < -0.39 is 0 Å². The monoisotopic (exact) mass is 305 g/mol. The minimum absolute atomic E-state index is 0.608. The summed E-state index contributed by atoms with van der Waals surface area (Å²) < 4.78 is 11.3. The van der Waals surface area contributed by atoms with Crippen LogP contribution in [0.2, 0.25) is 0 Å². The first kappa shape index (κ1) is 15.9. The minimum atomic E-state index is 0.608. The van der Waals surface area contributed by atoms with Gasteiger partial charge >= 0.3 is 0 Å². The van der Waals surface area contributed by atoms with Gasteiger partial charge in [-0.05, 0) is 31.2 Å². The van der Waals surface area contributed by atoms with Crippen LogP contribution in [0, 0.1) is 0 Å². The third kappa shape index (κ3) is 4.48. The van der Waals surface area contributed by atoms with Crippen LogP contribution in [-0.4, -0.2) is 13.7 Å². The maximum atomic E-state index is 6.01. The quantitative estimate of drug-likeness (QED) is 0.799. The molecule has 1 heterocycles. The Morgan fingerprint density at radius 1 is 1.10 bits per heavy atom. The maximum absolute atomic E-state index is 6.01. The summed E-state index contributed by atoms with van der Waals surface area (Å²) in [5.41, 5.74) is 1.16. The number of benzene rings is 1. The second-order valence-electron chi connectivity index (χ2n) is 4.76. The summed E-state index contributed by atoms with van der Waals surface area (Å²) in [5.74, 6) is 1.72. The lowest BCUT2D eigenvalue weighted by atomic mass is 10.2. The van der Waals surface area contributed by atoms with Crippen molar-refractivity contribution in [3.63, 3.8) is 0 Å². The van der Waals surface area contributed by atoms with E-state index in [4.69, 9.17) is 9.47 Å². The zero-order valence-corrected chi connectivity index (χ0v) is 13.8. The fourth-order valence-electron chi connectivity index (χ4n) is 2.04. The van der Waals surface area contributed by atoms with E-state index >= 15 is 0 Å². The van der Waals surface area contributed by atoms with Gasteiger partial charge in [0.05, 0.1) is 7.11 Å². The number of hydrogen-bond acceptors (Lipinski definition) is 4. The number of ether oxygens (including phenoxy) is 2. The van der Waals surface area contributed by atoms with E-state index in [1.165, 1.54) is 9.75 Å². The molecule has 3 nitrogen and oxygen atoms in total. The van der Waals surface area contributed by atoms with Crippen molar-refractivity contribution in [1.82, 2.24) is 5.32 Å². The lowest BCUT2D eigenvalue weighted by molar-refractivity contribution is 0.303. The molecular formula is C17H23NO2S. The van der Waals surface area contributed by atoms with Gasteiger partial charge in [-0.2, -0.15) is 0 Å². The normalized spacial score (nSPS) is 10.6. The summed E-state index contributed by atoms with van der Waals surface area (Å²) >= 11 is 1.81. The number of thiophene rings is 1. The number of hydrogen-bond donors (Lipinski definition) is 1. The third-order valence-electron chi connectivity index (χ3n) is 3.28. The van der Waals surface area contributed by atoms with Gasteiger partial charge < -0.3 is 14.8 Å². The zero-order chi connectivity index (χ0) is 15.1. The molecule has 114 valence electrons. The molecule has 0 aliphatic rings. The van der Waals surface area contributed by atoms with Crippen molar-refractivity contribution < 1.29 is 9.47 Å². The van der Waals surface area contributed by atoms with Crippen molar-refractivity contribution >= 4 is 11.3 Å². The lowest BCUT2D eigenvalue weighted by Gasteiger charge is -2.13. The molecular weight excluding hydrogens is 282 g/mol. The lowest BCUT2D eigenvalue weighted by Crippen LogP contribution is -2.12. The molecule has 21 heavy (non-hydrogen) atoms. The average Bonchev–Trinajstić information content (AvgIpc) is 2.99. The van der Waals surface area contributed by atoms with E-state index in [-0.39, 0.29) is 0 Å². The second-order valence-corrected chi connectivity index (χ2v) is 6.02. The fraction of sp³-hybridized carbons (Fsp3) is 0.412. The van der Waals surface area contributed by atoms with Crippen LogP contribution < -0.4 is 14.8 Å². The summed E-state index contributed by atoms with van der Waals surface area (Å²) in [6, 6.07) is 10.3. The molecule has 2 rings (SSSR count). The predicted octanol–water partition coefficient (Wildman–Crippen LogP) is 4.01. The molecule has 0 atom stereocenters. The molecule has 1 aromatic heterocycles. The largest absolute Gasteiger partial charge is 0.497 e. The summed E-state index contributed by atoms with van der Waals surface area (Å²) in [5, 5.41) is 3.34. The Kier molecular flexibility index (Phi) is 6.08. The van der Waals surface area contributed by atoms with Gasteiger partial charge in [-0.15, -0.1) is 11.3 Å². The Morgan fingerprint density at radius 2 is 1.90 bits per heavy atom. The van der Waals surface area contributed by atoms with Gasteiger partial charge in [-0.25, -0.2) is 0 Å². The number of nitrogens with one attached hydrogen (secondary N) is 1. The van der Waals surface area contributed by atoms with Crippen molar-refractivity contribution in [2.75, 3.05) is 13.7 Å². The van der Waals surface area contributed by atoms with Gasteiger partial charge in [0.25, 0.3) is 0 Å². The highest BCUT2D eigenvalue weighted by atomic mass is 32.1. The first-order chi connectivity index (χ1) is 10.3. The van der Waals surface area contributed by atoms with Crippen LogP contribution in [0.1, 0.15) is 29.2 Å². The Balaban J connectivity index is 2.08. The highest BCUT2D eigenvalue weighted by Gasteiger charge is 2.07. The zero-order valence-electron chi connectivity index (χ0n) is 12.9. The molecule has 0 aliphatic heterocycles. The van der Waals surface area contributed by atoms with Crippen molar-refractivity contribution in [2.45, 2.75) is 33.4 Å². The molecule has 1 N–H and O–H groups in total. The van der Waals surface area contributed by atoms with Crippen LogP contribution in [0.3, 0.4) is 0 Å². The van der Waals surface area contributed by atoms with E-state index in [1.54, 1.807) is 7.11 Å². The van der Waals surface area contributed by atoms with E-state index in [0.29, 0.717) is 6.61 Å². The maximum Gasteiger partial charge on any atom is 0.128 e. The van der Waals surface area contributed by atoms with Crippen molar-refractivity contribution in [1.29, 1.82) is 0 Å². The summed E-state index contributed by atoms with van der Waals surface area (Å²) in [4.78, 5) is 2.65. The van der Waals surface area contributed by atoms with Gasteiger partial charge in [0.2, 0.25) is 0 Å². The van der Waals surface area contributed by atoms with Crippen LogP contribution in [0.5, 0.6) is 11.5 Å². The first-order valence-electron chi connectivity index (χ1n) is 7.34. The van der Waals surface area contributed by atoms with Crippen LogP contribution >= 0.6 is 11.3 Å². The molecule has 1 aromatic carbocycles. The van der Waals surface area contributed by atoms with Crippen molar-refractivity contribution in [3.05, 3.63) is 45.6 Å². The molecule has 0 unspecified atom stereocenters. The molecule has 0 aliphatic carbocycles. The first-order valence-corrected chi connectivity index (χ1v) is 8.16. The van der Waals surface area contributed by atoms with E-state index in [2.05, 4.69) is 37.4 Å². The Labute approximate surface area is 130 Å². The van der Waals surface area contributed by atoms with Gasteiger partial charge in [0.1, 0.15) is 18.1 Å². The Bertz CT molecular complexity index is 566. The third-order valence-corrected chi connectivity index (χ3v) is 4.48. The fourth-order valence-corrected chi connectivity index (χ4v) is 2.91. The number of aryl methyl sites for hydroxylation is 1. The minimum Gasteiger partial charge on any atom is -0.497 e. The predicted molar refractivity (Wildman–Crippen MR) is 88.4 cm³/mol. The standard InChI is InChI=1S/C17H23NO2S/c1-4-15-8-9-16(21-15)12-20-17-10-14(19-3)7-6-13(17)11-18-5-2/h6-10,18H,4-5,11-12H2,1-3H3. The highest BCUT2D eigenvalue weighted by molar-refractivity contribution is 7.11. The van der Waals surface area contributed by atoms with Gasteiger partial charge in [-0.1, -0.05) is 19.9 Å². The molecule has 2 aromatic rings. The Hall–Kier alpha value is -1.52. The molecule has 0 amide bonds. The van der Waals surface area contributed by atoms with E-state index in [0.717, 1.165) is 36.6 Å². The SMILES string of the molecule is CCNCc1ccc(OC)cc1OCc1ccc(CC)s1. The van der Waals surface area contributed by atoms with Gasteiger partial charge in [0.15, 0.2) is 0 Å². The summed E-state index contributed by atoms with van der Waals surface area (Å²) in [7, 11) is 1.68. The van der Waals surface area contributed by atoms with Crippen LogP contribution in [0.25, 0.3) is 0 Å². The molecule has 0 saturated carbocycles. The average molecular weight is 305 g/mol. The molecule has 0 spiro atoms. The number of rotatable bonds is 8. The molecule has 4 heteroatoms. The topological polar surface area (TPSA) is 30.5 Å². The van der Waals surface area contributed by atoms with Crippen LogP contribution in [-0.2, 0) is 19.6 Å². The molecule has 0 saturated heterocycles. The van der Waals surface area contributed by atoms with E-state index in [1.807, 2.05) is 23.5 Å². The molecule has 0 radical (unpaired) electrons. The van der Waals surface area contributed by atoms with Crippen LogP contribution in [0.4, 0.5) is 0 Å². The van der Waals surface area contributed by atoms with Crippen molar-refractivity contribution in [3.8, 4) is 11.5 Å². The van der Waals surface area contributed by atoms with Crippen molar-refractivity contribution in [2.24, 2.45) is 0 Å². The van der Waals surface area contributed by atoms with Crippen LogP contribution in [0.15, 0.2) is 30.3 Å². The smallest absolute Gasteiger partial charge is 0.128 e.